The number of rotatable bonds is 9. The van der Waals surface area contributed by atoms with E-state index in [1.54, 1.807) is 0 Å². The first kappa shape index (κ1) is 15.4. The number of aliphatic hydroxyl groups is 1. The van der Waals surface area contributed by atoms with Crippen molar-refractivity contribution in [1.82, 2.24) is 0 Å². The zero-order chi connectivity index (χ0) is 14.0. The molecule has 3 N–H and O–H groups in total. The summed E-state index contributed by atoms with van der Waals surface area (Å²) in [4.78, 5) is 0. The van der Waals surface area contributed by atoms with E-state index >= 15 is 0 Å². The molecule has 1 fully saturated rings. The Morgan fingerprint density at radius 2 is 2.20 bits per heavy atom. The molecule has 1 aromatic carbocycles. The molecule has 0 bridgehead atoms. The number of benzene rings is 1. The topological polar surface area (TPSA) is 55.3 Å². The van der Waals surface area contributed by atoms with E-state index in [-0.39, 0.29) is 6.10 Å². The molecule has 1 aliphatic heterocycles. The third-order valence-electron chi connectivity index (χ3n) is 3.56. The molecule has 0 aliphatic carbocycles. The molecule has 1 aliphatic rings. The SMILES string of the molecule is O[C@H](C[NH2+]CCc1ccccc1)COC[C@H]1CCCO1. The third-order valence-corrected chi connectivity index (χ3v) is 3.56. The van der Waals surface area contributed by atoms with Gasteiger partial charge in [0.25, 0.3) is 0 Å². The van der Waals surface area contributed by atoms with Gasteiger partial charge in [0.05, 0.1) is 25.9 Å². The first-order chi connectivity index (χ1) is 9.84. The van der Waals surface area contributed by atoms with Crippen LogP contribution in [0.15, 0.2) is 30.3 Å². The van der Waals surface area contributed by atoms with E-state index in [0.717, 1.165) is 32.4 Å². The normalized spacial score (nSPS) is 20.1. The average Bonchev–Trinajstić information content (AvgIpc) is 2.98. The molecule has 0 spiro atoms. The average molecular weight is 280 g/mol. The van der Waals surface area contributed by atoms with Gasteiger partial charge < -0.3 is 19.9 Å². The smallest absolute Gasteiger partial charge is 0.126 e. The minimum absolute atomic E-state index is 0.240. The van der Waals surface area contributed by atoms with Crippen molar-refractivity contribution in [3.63, 3.8) is 0 Å². The summed E-state index contributed by atoms with van der Waals surface area (Å²) in [5, 5.41) is 12.0. The molecular formula is C16H26NO3+. The van der Waals surface area contributed by atoms with E-state index in [9.17, 15) is 5.11 Å². The molecule has 1 heterocycles. The number of quaternary nitrogens is 1. The third kappa shape index (κ3) is 6.01. The van der Waals surface area contributed by atoms with Gasteiger partial charge in [-0.2, -0.15) is 0 Å². The Labute approximate surface area is 121 Å². The Hall–Kier alpha value is -0.940. The first-order valence-electron chi connectivity index (χ1n) is 7.57. The zero-order valence-corrected chi connectivity index (χ0v) is 12.0. The lowest BCUT2D eigenvalue weighted by Gasteiger charge is -2.13. The highest BCUT2D eigenvalue weighted by molar-refractivity contribution is 5.14. The second-order valence-electron chi connectivity index (χ2n) is 5.37. The van der Waals surface area contributed by atoms with Crippen LogP contribution in [0.3, 0.4) is 0 Å². The number of hydrogen-bond acceptors (Lipinski definition) is 3. The summed E-state index contributed by atoms with van der Waals surface area (Å²) < 4.78 is 11.0. The van der Waals surface area contributed by atoms with Gasteiger partial charge in [-0.05, 0) is 18.4 Å². The zero-order valence-electron chi connectivity index (χ0n) is 12.0. The van der Waals surface area contributed by atoms with Gasteiger partial charge >= 0.3 is 0 Å². The lowest BCUT2D eigenvalue weighted by Crippen LogP contribution is -2.87. The van der Waals surface area contributed by atoms with E-state index < -0.39 is 6.10 Å². The Balaban J connectivity index is 1.46. The number of ether oxygens (including phenoxy) is 2. The molecule has 112 valence electrons. The molecule has 2 atom stereocenters. The van der Waals surface area contributed by atoms with Gasteiger partial charge in [-0.25, -0.2) is 0 Å². The minimum atomic E-state index is -0.396. The molecule has 1 saturated heterocycles. The molecule has 0 aromatic heterocycles. The largest absolute Gasteiger partial charge is 0.385 e. The van der Waals surface area contributed by atoms with Gasteiger partial charge in [0, 0.05) is 13.0 Å². The molecule has 4 heteroatoms. The van der Waals surface area contributed by atoms with E-state index in [1.807, 2.05) is 6.07 Å². The summed E-state index contributed by atoms with van der Waals surface area (Å²) in [6.45, 7) is 3.55. The van der Waals surface area contributed by atoms with Crippen LogP contribution in [0.2, 0.25) is 0 Å². The molecule has 2 rings (SSSR count). The highest BCUT2D eigenvalue weighted by atomic mass is 16.5. The van der Waals surface area contributed by atoms with E-state index in [2.05, 4.69) is 29.6 Å². The van der Waals surface area contributed by atoms with Crippen LogP contribution in [-0.4, -0.2) is 50.2 Å². The van der Waals surface area contributed by atoms with E-state index in [4.69, 9.17) is 9.47 Å². The highest BCUT2D eigenvalue weighted by Gasteiger charge is 2.16. The fourth-order valence-corrected chi connectivity index (χ4v) is 2.40. The second-order valence-corrected chi connectivity index (χ2v) is 5.37. The predicted octanol–water partition coefficient (Wildman–Crippen LogP) is 0.349. The van der Waals surface area contributed by atoms with Crippen molar-refractivity contribution in [1.29, 1.82) is 0 Å². The van der Waals surface area contributed by atoms with Gasteiger partial charge in [-0.15, -0.1) is 0 Å². The molecule has 0 radical (unpaired) electrons. The molecule has 1 aromatic rings. The predicted molar refractivity (Wildman–Crippen MR) is 77.6 cm³/mol. The van der Waals surface area contributed by atoms with Crippen molar-refractivity contribution >= 4 is 0 Å². The summed E-state index contributed by atoms with van der Waals surface area (Å²) in [7, 11) is 0. The van der Waals surface area contributed by atoms with Crippen molar-refractivity contribution in [2.24, 2.45) is 0 Å². The van der Waals surface area contributed by atoms with Crippen LogP contribution in [0.1, 0.15) is 18.4 Å². The molecule has 0 amide bonds. The fraction of sp³-hybridized carbons (Fsp3) is 0.625. The van der Waals surface area contributed by atoms with Crippen LogP contribution in [0.4, 0.5) is 0 Å². The Kier molecular flexibility index (Phi) is 7.01. The Morgan fingerprint density at radius 3 is 2.95 bits per heavy atom. The Bertz CT molecular complexity index is 352. The molecular weight excluding hydrogens is 254 g/mol. The van der Waals surface area contributed by atoms with Crippen LogP contribution in [-0.2, 0) is 15.9 Å². The molecule has 20 heavy (non-hydrogen) atoms. The van der Waals surface area contributed by atoms with E-state index in [0.29, 0.717) is 19.8 Å². The summed E-state index contributed by atoms with van der Waals surface area (Å²) in [6, 6.07) is 10.4. The van der Waals surface area contributed by atoms with Gasteiger partial charge in [0.1, 0.15) is 12.6 Å². The number of nitrogens with two attached hydrogens (primary N) is 1. The summed E-state index contributed by atoms with van der Waals surface area (Å²) >= 11 is 0. The molecule has 0 unspecified atom stereocenters. The van der Waals surface area contributed by atoms with Crippen molar-refractivity contribution in [2.75, 3.05) is 32.9 Å². The summed E-state index contributed by atoms with van der Waals surface area (Å²) in [6.07, 6.45) is 3.09. The summed E-state index contributed by atoms with van der Waals surface area (Å²) in [5.41, 5.74) is 1.34. The fourth-order valence-electron chi connectivity index (χ4n) is 2.40. The lowest BCUT2D eigenvalue weighted by atomic mass is 10.1. The lowest BCUT2D eigenvalue weighted by molar-refractivity contribution is -0.660. The van der Waals surface area contributed by atoms with Crippen molar-refractivity contribution in [3.8, 4) is 0 Å². The van der Waals surface area contributed by atoms with E-state index in [1.165, 1.54) is 5.56 Å². The number of hydrogen-bond donors (Lipinski definition) is 2. The van der Waals surface area contributed by atoms with Crippen molar-refractivity contribution in [2.45, 2.75) is 31.5 Å². The monoisotopic (exact) mass is 280 g/mol. The van der Waals surface area contributed by atoms with Crippen LogP contribution in [0.5, 0.6) is 0 Å². The van der Waals surface area contributed by atoms with Crippen LogP contribution < -0.4 is 5.32 Å². The van der Waals surface area contributed by atoms with Crippen LogP contribution in [0.25, 0.3) is 0 Å². The molecule has 0 saturated carbocycles. The minimum Gasteiger partial charge on any atom is -0.385 e. The van der Waals surface area contributed by atoms with Crippen LogP contribution in [0, 0.1) is 0 Å². The maximum absolute atomic E-state index is 9.82. The van der Waals surface area contributed by atoms with Crippen LogP contribution >= 0.6 is 0 Å². The van der Waals surface area contributed by atoms with Gasteiger partial charge in [0.15, 0.2) is 0 Å². The Morgan fingerprint density at radius 1 is 1.35 bits per heavy atom. The second kappa shape index (κ2) is 9.08. The van der Waals surface area contributed by atoms with Gasteiger partial charge in [-0.3, -0.25) is 0 Å². The maximum Gasteiger partial charge on any atom is 0.126 e. The van der Waals surface area contributed by atoms with Crippen molar-refractivity contribution < 1.29 is 19.9 Å². The van der Waals surface area contributed by atoms with Gasteiger partial charge in [-0.1, -0.05) is 30.3 Å². The highest BCUT2D eigenvalue weighted by Crippen LogP contribution is 2.11. The quantitative estimate of drug-likeness (QED) is 0.642. The van der Waals surface area contributed by atoms with Gasteiger partial charge in [0.2, 0.25) is 0 Å². The maximum atomic E-state index is 9.82. The molecule has 4 nitrogen and oxygen atoms in total. The summed E-state index contributed by atoms with van der Waals surface area (Å²) in [5.74, 6) is 0. The standard InChI is InChI=1S/C16H25NO3/c18-15(12-19-13-16-7-4-10-20-16)11-17-9-8-14-5-2-1-3-6-14/h1-3,5-6,15-18H,4,7-13H2/p+1/t15-,16-/m1/s1. The number of aliphatic hydroxyl groups excluding tert-OH is 1. The first-order valence-corrected chi connectivity index (χ1v) is 7.57. The van der Waals surface area contributed by atoms with Crippen molar-refractivity contribution in [3.05, 3.63) is 35.9 Å².